The second-order valence-corrected chi connectivity index (χ2v) is 4.28. The lowest BCUT2D eigenvalue weighted by Gasteiger charge is -2.21. The molecule has 2 atom stereocenters. The van der Waals surface area contributed by atoms with E-state index in [1.807, 2.05) is 6.20 Å². The van der Waals surface area contributed by atoms with E-state index in [-0.39, 0.29) is 17.9 Å². The fourth-order valence-electron chi connectivity index (χ4n) is 1.90. The van der Waals surface area contributed by atoms with Gasteiger partial charge in [-0.1, -0.05) is 6.92 Å². The lowest BCUT2D eigenvalue weighted by Crippen LogP contribution is -2.24. The Morgan fingerprint density at radius 1 is 1.39 bits per heavy atom. The van der Waals surface area contributed by atoms with Crippen LogP contribution in [0, 0.1) is 5.82 Å². The first kappa shape index (κ1) is 12.7. The Hall–Kier alpha value is -1.75. The SMILES string of the molecule is CCC(NC(C)c1cn[nH]c1)c1ccc(F)cn1. The zero-order valence-electron chi connectivity index (χ0n) is 10.5. The summed E-state index contributed by atoms with van der Waals surface area (Å²) in [4.78, 5) is 4.12. The summed E-state index contributed by atoms with van der Waals surface area (Å²) in [5.74, 6) is -0.309. The summed E-state index contributed by atoms with van der Waals surface area (Å²) in [6, 6.07) is 3.43. The predicted molar refractivity (Wildman–Crippen MR) is 67.4 cm³/mol. The van der Waals surface area contributed by atoms with Gasteiger partial charge in [0.05, 0.1) is 18.1 Å². The molecule has 0 amide bonds. The summed E-state index contributed by atoms with van der Waals surface area (Å²) in [5.41, 5.74) is 1.95. The van der Waals surface area contributed by atoms with E-state index in [1.165, 1.54) is 12.3 Å². The maximum absolute atomic E-state index is 12.8. The number of aromatic nitrogens is 3. The highest BCUT2D eigenvalue weighted by atomic mass is 19.1. The molecular weight excluding hydrogens is 231 g/mol. The van der Waals surface area contributed by atoms with Crippen molar-refractivity contribution in [2.24, 2.45) is 0 Å². The van der Waals surface area contributed by atoms with Crippen molar-refractivity contribution >= 4 is 0 Å². The van der Waals surface area contributed by atoms with Gasteiger partial charge in [-0.2, -0.15) is 5.10 Å². The predicted octanol–water partition coefficient (Wildman–Crippen LogP) is 2.75. The van der Waals surface area contributed by atoms with Crippen molar-refractivity contribution in [3.8, 4) is 0 Å². The number of nitrogens with zero attached hydrogens (tertiary/aromatic N) is 2. The second kappa shape index (κ2) is 5.73. The van der Waals surface area contributed by atoms with Crippen LogP contribution in [0.2, 0.25) is 0 Å². The molecule has 96 valence electrons. The Balaban J connectivity index is 2.07. The minimum atomic E-state index is -0.309. The van der Waals surface area contributed by atoms with Gasteiger partial charge in [0.25, 0.3) is 0 Å². The maximum atomic E-state index is 12.8. The van der Waals surface area contributed by atoms with Gasteiger partial charge in [0.15, 0.2) is 0 Å². The summed E-state index contributed by atoms with van der Waals surface area (Å²) in [6.45, 7) is 4.14. The van der Waals surface area contributed by atoms with Crippen molar-refractivity contribution < 1.29 is 4.39 Å². The normalized spacial score (nSPS) is 14.4. The molecule has 0 aliphatic carbocycles. The average Bonchev–Trinajstić information content (AvgIpc) is 2.91. The van der Waals surface area contributed by atoms with E-state index in [0.29, 0.717) is 0 Å². The average molecular weight is 248 g/mol. The first-order chi connectivity index (χ1) is 8.70. The highest BCUT2D eigenvalue weighted by Crippen LogP contribution is 2.20. The quantitative estimate of drug-likeness (QED) is 0.855. The van der Waals surface area contributed by atoms with Gasteiger partial charge in [0, 0.05) is 23.8 Å². The molecule has 4 nitrogen and oxygen atoms in total. The van der Waals surface area contributed by atoms with E-state index in [2.05, 4.69) is 34.3 Å². The van der Waals surface area contributed by atoms with E-state index in [0.717, 1.165) is 17.7 Å². The van der Waals surface area contributed by atoms with Gasteiger partial charge in [0.2, 0.25) is 0 Å². The Morgan fingerprint density at radius 2 is 2.22 bits per heavy atom. The standard InChI is InChI=1S/C13H17FN4/c1-3-12(13-5-4-11(14)8-15-13)18-9(2)10-6-16-17-7-10/h4-9,12,18H,3H2,1-2H3,(H,16,17). The smallest absolute Gasteiger partial charge is 0.141 e. The van der Waals surface area contributed by atoms with E-state index < -0.39 is 0 Å². The van der Waals surface area contributed by atoms with Crippen molar-refractivity contribution in [3.05, 3.63) is 47.8 Å². The van der Waals surface area contributed by atoms with Gasteiger partial charge in [-0.3, -0.25) is 10.1 Å². The highest BCUT2D eigenvalue weighted by molar-refractivity contribution is 5.13. The van der Waals surface area contributed by atoms with Gasteiger partial charge < -0.3 is 5.32 Å². The Labute approximate surface area is 106 Å². The number of hydrogen-bond donors (Lipinski definition) is 2. The first-order valence-corrected chi connectivity index (χ1v) is 6.07. The molecule has 0 fully saturated rings. The fourth-order valence-corrected chi connectivity index (χ4v) is 1.90. The maximum Gasteiger partial charge on any atom is 0.141 e. The number of halogens is 1. The monoisotopic (exact) mass is 248 g/mol. The van der Waals surface area contributed by atoms with Gasteiger partial charge in [0.1, 0.15) is 5.82 Å². The topological polar surface area (TPSA) is 53.6 Å². The van der Waals surface area contributed by atoms with E-state index in [4.69, 9.17) is 0 Å². The molecule has 0 aliphatic rings. The molecule has 2 unspecified atom stereocenters. The Bertz CT molecular complexity index is 466. The summed E-state index contributed by atoms with van der Waals surface area (Å²) < 4.78 is 12.8. The van der Waals surface area contributed by atoms with Crippen molar-refractivity contribution in [1.82, 2.24) is 20.5 Å². The molecule has 0 aromatic carbocycles. The number of rotatable bonds is 5. The van der Waals surface area contributed by atoms with E-state index in [9.17, 15) is 4.39 Å². The van der Waals surface area contributed by atoms with Crippen LogP contribution in [0.1, 0.15) is 43.6 Å². The summed E-state index contributed by atoms with van der Waals surface area (Å²) in [7, 11) is 0. The number of aromatic amines is 1. The number of hydrogen-bond acceptors (Lipinski definition) is 3. The molecule has 2 aromatic rings. The molecule has 0 radical (unpaired) electrons. The van der Waals surface area contributed by atoms with Crippen LogP contribution in [0.25, 0.3) is 0 Å². The van der Waals surface area contributed by atoms with Crippen LogP contribution < -0.4 is 5.32 Å². The second-order valence-electron chi connectivity index (χ2n) is 4.28. The zero-order valence-corrected chi connectivity index (χ0v) is 10.5. The minimum Gasteiger partial charge on any atom is -0.302 e. The molecule has 0 saturated heterocycles. The number of H-pyrrole nitrogens is 1. The minimum absolute atomic E-state index is 0.107. The van der Waals surface area contributed by atoms with Gasteiger partial charge in [-0.15, -0.1) is 0 Å². The van der Waals surface area contributed by atoms with Crippen molar-refractivity contribution in [2.75, 3.05) is 0 Å². The molecule has 0 bridgehead atoms. The number of nitrogens with one attached hydrogen (secondary N) is 2. The molecule has 2 rings (SSSR count). The number of pyridine rings is 1. The lowest BCUT2D eigenvalue weighted by atomic mass is 10.1. The van der Waals surface area contributed by atoms with Gasteiger partial charge in [-0.25, -0.2) is 4.39 Å². The van der Waals surface area contributed by atoms with Crippen LogP contribution >= 0.6 is 0 Å². The molecule has 0 saturated carbocycles. The zero-order chi connectivity index (χ0) is 13.0. The van der Waals surface area contributed by atoms with Crippen molar-refractivity contribution in [3.63, 3.8) is 0 Å². The molecule has 5 heteroatoms. The molecule has 2 heterocycles. The van der Waals surface area contributed by atoms with Crippen LogP contribution in [0.15, 0.2) is 30.7 Å². The van der Waals surface area contributed by atoms with Crippen LogP contribution in [0.4, 0.5) is 4.39 Å². The van der Waals surface area contributed by atoms with Crippen LogP contribution in [-0.4, -0.2) is 15.2 Å². The Kier molecular flexibility index (Phi) is 4.04. The summed E-state index contributed by atoms with van der Waals surface area (Å²) >= 11 is 0. The lowest BCUT2D eigenvalue weighted by molar-refractivity contribution is 0.447. The fraction of sp³-hybridized carbons (Fsp3) is 0.385. The molecular formula is C13H17FN4. The van der Waals surface area contributed by atoms with Crippen LogP contribution in [-0.2, 0) is 0 Å². The molecule has 2 aromatic heterocycles. The molecule has 18 heavy (non-hydrogen) atoms. The first-order valence-electron chi connectivity index (χ1n) is 6.07. The Morgan fingerprint density at radius 3 is 2.78 bits per heavy atom. The highest BCUT2D eigenvalue weighted by Gasteiger charge is 2.15. The molecule has 0 aliphatic heterocycles. The van der Waals surface area contributed by atoms with Gasteiger partial charge >= 0.3 is 0 Å². The van der Waals surface area contributed by atoms with Crippen LogP contribution in [0.3, 0.4) is 0 Å². The molecule has 0 spiro atoms. The molecule has 2 N–H and O–H groups in total. The third-order valence-electron chi connectivity index (χ3n) is 2.99. The van der Waals surface area contributed by atoms with E-state index >= 15 is 0 Å². The third kappa shape index (κ3) is 2.92. The van der Waals surface area contributed by atoms with Crippen molar-refractivity contribution in [1.29, 1.82) is 0 Å². The largest absolute Gasteiger partial charge is 0.302 e. The van der Waals surface area contributed by atoms with Gasteiger partial charge in [-0.05, 0) is 25.5 Å². The summed E-state index contributed by atoms with van der Waals surface area (Å²) in [6.07, 6.45) is 5.80. The van der Waals surface area contributed by atoms with E-state index in [1.54, 1.807) is 12.3 Å². The summed E-state index contributed by atoms with van der Waals surface area (Å²) in [5, 5.41) is 10.2. The third-order valence-corrected chi connectivity index (χ3v) is 2.99. The van der Waals surface area contributed by atoms with Crippen LogP contribution in [0.5, 0.6) is 0 Å². The van der Waals surface area contributed by atoms with Crippen molar-refractivity contribution in [2.45, 2.75) is 32.4 Å².